The highest BCUT2D eigenvalue weighted by atomic mass is 32.2. The third-order valence-electron chi connectivity index (χ3n) is 5.64. The van der Waals surface area contributed by atoms with Crippen LogP contribution in [0.5, 0.6) is 11.5 Å². The van der Waals surface area contributed by atoms with Gasteiger partial charge >= 0.3 is 22.3 Å². The van der Waals surface area contributed by atoms with E-state index in [4.69, 9.17) is 8.92 Å². The fourth-order valence-electron chi connectivity index (χ4n) is 3.39. The number of carbonyl (C=O) groups excluding carboxylic acids is 1. The Bertz CT molecular complexity index is 1330. The third kappa shape index (κ3) is 7.39. The number of urea groups is 1. The lowest BCUT2D eigenvalue weighted by molar-refractivity contribution is -0.137. The smallest absolute Gasteiger partial charge is 0.416 e. The molecule has 0 unspecified atom stereocenters. The third-order valence-corrected chi connectivity index (χ3v) is 6.88. The molecule has 0 heterocycles. The number of halogens is 3. The molecule has 0 aliphatic rings. The van der Waals surface area contributed by atoms with E-state index >= 15 is 0 Å². The molecule has 1 N–H and O–H groups in total. The molecule has 0 radical (unpaired) electrons. The summed E-state index contributed by atoms with van der Waals surface area (Å²) in [6, 6.07) is 15.8. The molecule has 198 valence electrons. The standard InChI is InChI=1S/C26H27F3N2O5S/c1-4-18(2)31(25(32)30-21-8-6-9-23(16-21)35-3)17-19-11-13-22(14-12-19)36-37(33,34)24-10-5-7-20(15-24)26(27,28)29/h5-16,18H,4,17H2,1-3H3,(H,30,32)/t18-/m0/s1. The SMILES string of the molecule is CC[C@H](C)N(Cc1ccc(OS(=O)(=O)c2cccc(C(F)(F)F)c2)cc1)C(=O)Nc1cccc(OC)c1. The van der Waals surface area contributed by atoms with Crippen molar-refractivity contribution in [2.75, 3.05) is 12.4 Å². The summed E-state index contributed by atoms with van der Waals surface area (Å²) < 4.78 is 74.1. The van der Waals surface area contributed by atoms with Gasteiger partial charge in [0, 0.05) is 24.3 Å². The Labute approximate surface area is 213 Å². The minimum Gasteiger partial charge on any atom is -0.497 e. The van der Waals surface area contributed by atoms with E-state index in [1.54, 1.807) is 41.3 Å². The van der Waals surface area contributed by atoms with Crippen LogP contribution in [0.4, 0.5) is 23.7 Å². The van der Waals surface area contributed by atoms with Gasteiger partial charge in [-0.2, -0.15) is 21.6 Å². The quantitative estimate of drug-likeness (QED) is 0.324. The minimum atomic E-state index is -4.69. The fraction of sp³-hybridized carbons (Fsp3) is 0.269. The average Bonchev–Trinajstić information content (AvgIpc) is 2.87. The van der Waals surface area contributed by atoms with Crippen LogP contribution >= 0.6 is 0 Å². The summed E-state index contributed by atoms with van der Waals surface area (Å²) in [6.07, 6.45) is -3.99. The first-order valence-electron chi connectivity index (χ1n) is 11.4. The lowest BCUT2D eigenvalue weighted by Gasteiger charge is -2.29. The first-order valence-corrected chi connectivity index (χ1v) is 12.8. The molecule has 37 heavy (non-hydrogen) atoms. The molecular weight excluding hydrogens is 509 g/mol. The molecule has 0 bridgehead atoms. The monoisotopic (exact) mass is 536 g/mol. The van der Waals surface area contributed by atoms with E-state index in [-0.39, 0.29) is 24.4 Å². The predicted octanol–water partition coefficient (Wildman–Crippen LogP) is 6.31. The van der Waals surface area contributed by atoms with Crippen LogP contribution in [0.15, 0.2) is 77.7 Å². The summed E-state index contributed by atoms with van der Waals surface area (Å²) in [4.78, 5) is 14.0. The highest BCUT2D eigenvalue weighted by Crippen LogP contribution is 2.31. The topological polar surface area (TPSA) is 84.9 Å². The van der Waals surface area contributed by atoms with Gasteiger partial charge in [0.2, 0.25) is 0 Å². The maximum absolute atomic E-state index is 13.0. The number of nitrogens with one attached hydrogen (secondary N) is 1. The van der Waals surface area contributed by atoms with E-state index in [2.05, 4.69) is 5.32 Å². The Morgan fingerprint density at radius 2 is 1.68 bits per heavy atom. The van der Waals surface area contributed by atoms with Gasteiger partial charge in [-0.1, -0.05) is 31.2 Å². The van der Waals surface area contributed by atoms with Crippen molar-refractivity contribution in [2.45, 2.75) is 43.9 Å². The Morgan fingerprint density at radius 1 is 1.00 bits per heavy atom. The van der Waals surface area contributed by atoms with Gasteiger partial charge in [-0.25, -0.2) is 4.79 Å². The largest absolute Gasteiger partial charge is 0.497 e. The molecule has 7 nitrogen and oxygen atoms in total. The molecule has 3 aromatic rings. The molecule has 0 spiro atoms. The van der Waals surface area contributed by atoms with Crippen LogP contribution in [-0.2, 0) is 22.8 Å². The number of methoxy groups -OCH3 is 1. The van der Waals surface area contributed by atoms with Gasteiger partial charge in [-0.15, -0.1) is 0 Å². The van der Waals surface area contributed by atoms with Crippen LogP contribution in [0.1, 0.15) is 31.4 Å². The molecule has 3 aromatic carbocycles. The molecule has 0 aromatic heterocycles. The number of hydrogen-bond donors (Lipinski definition) is 1. The van der Waals surface area contributed by atoms with E-state index in [9.17, 15) is 26.4 Å². The maximum Gasteiger partial charge on any atom is 0.416 e. The van der Waals surface area contributed by atoms with Crippen molar-refractivity contribution in [2.24, 2.45) is 0 Å². The number of benzene rings is 3. The van der Waals surface area contributed by atoms with Gasteiger partial charge in [0.05, 0.1) is 12.7 Å². The zero-order chi connectivity index (χ0) is 27.2. The molecule has 0 aliphatic carbocycles. The Balaban J connectivity index is 1.73. The summed E-state index contributed by atoms with van der Waals surface area (Å²) in [7, 11) is -2.96. The number of rotatable bonds is 9. The van der Waals surface area contributed by atoms with Crippen molar-refractivity contribution in [1.82, 2.24) is 4.90 Å². The van der Waals surface area contributed by atoms with Gasteiger partial charge in [0.15, 0.2) is 0 Å². The zero-order valence-electron chi connectivity index (χ0n) is 20.5. The van der Waals surface area contributed by atoms with Crippen LogP contribution in [0.25, 0.3) is 0 Å². The number of amides is 2. The van der Waals surface area contributed by atoms with Crippen LogP contribution in [0.2, 0.25) is 0 Å². The molecule has 0 aliphatic heterocycles. The van der Waals surface area contributed by atoms with Crippen molar-refractivity contribution in [3.63, 3.8) is 0 Å². The van der Waals surface area contributed by atoms with Gasteiger partial charge < -0.3 is 19.1 Å². The molecule has 0 fully saturated rings. The van der Waals surface area contributed by atoms with Crippen LogP contribution in [0, 0.1) is 0 Å². The molecule has 3 rings (SSSR count). The molecule has 1 atom stereocenters. The number of nitrogens with zero attached hydrogens (tertiary/aromatic N) is 1. The second-order valence-electron chi connectivity index (χ2n) is 8.25. The van der Waals surface area contributed by atoms with E-state index in [0.717, 1.165) is 18.2 Å². The minimum absolute atomic E-state index is 0.0721. The van der Waals surface area contributed by atoms with Gasteiger partial charge in [0.1, 0.15) is 16.4 Å². The highest BCUT2D eigenvalue weighted by Gasteiger charge is 2.32. The molecule has 0 saturated carbocycles. The van der Waals surface area contributed by atoms with E-state index < -0.39 is 26.8 Å². The first kappa shape index (κ1) is 27.9. The van der Waals surface area contributed by atoms with Crippen molar-refractivity contribution >= 4 is 21.8 Å². The summed E-state index contributed by atoms with van der Waals surface area (Å²) >= 11 is 0. The summed E-state index contributed by atoms with van der Waals surface area (Å²) in [5, 5.41) is 2.85. The summed E-state index contributed by atoms with van der Waals surface area (Å²) in [5.74, 6) is 0.528. The van der Waals surface area contributed by atoms with E-state index in [0.29, 0.717) is 29.5 Å². The van der Waals surface area contributed by atoms with Crippen LogP contribution < -0.4 is 14.2 Å². The average molecular weight is 537 g/mol. The van der Waals surface area contributed by atoms with Crippen LogP contribution in [0.3, 0.4) is 0 Å². The second kappa shape index (κ2) is 11.5. The van der Waals surface area contributed by atoms with Gasteiger partial charge in [-0.05, 0) is 61.4 Å². The van der Waals surface area contributed by atoms with E-state index in [1.807, 2.05) is 13.8 Å². The van der Waals surface area contributed by atoms with E-state index in [1.165, 1.54) is 19.2 Å². The molecular formula is C26H27F3N2O5S. The maximum atomic E-state index is 13.0. The lowest BCUT2D eigenvalue weighted by atomic mass is 10.1. The predicted molar refractivity (Wildman–Crippen MR) is 133 cm³/mol. The number of anilines is 1. The summed E-state index contributed by atoms with van der Waals surface area (Å²) in [6.45, 7) is 4.09. The van der Waals surface area contributed by atoms with Crippen molar-refractivity contribution in [3.8, 4) is 11.5 Å². The number of ether oxygens (including phenoxy) is 1. The van der Waals surface area contributed by atoms with Gasteiger partial charge in [-0.3, -0.25) is 0 Å². The molecule has 2 amide bonds. The number of alkyl halides is 3. The zero-order valence-corrected chi connectivity index (χ0v) is 21.3. The Hall–Kier alpha value is -3.73. The summed E-state index contributed by atoms with van der Waals surface area (Å²) in [5.41, 5.74) is 0.177. The Morgan fingerprint density at radius 3 is 2.30 bits per heavy atom. The highest BCUT2D eigenvalue weighted by molar-refractivity contribution is 7.87. The normalized spacial score (nSPS) is 12.5. The first-order chi connectivity index (χ1) is 17.4. The molecule has 11 heteroatoms. The number of carbonyl (C=O) groups is 1. The Kier molecular flexibility index (Phi) is 8.69. The van der Waals surface area contributed by atoms with Crippen molar-refractivity contribution in [3.05, 3.63) is 83.9 Å². The molecule has 0 saturated heterocycles. The fourth-order valence-corrected chi connectivity index (χ4v) is 4.37. The van der Waals surface area contributed by atoms with Crippen molar-refractivity contribution < 1.29 is 35.3 Å². The lowest BCUT2D eigenvalue weighted by Crippen LogP contribution is -2.40. The second-order valence-corrected chi connectivity index (χ2v) is 9.80. The van der Waals surface area contributed by atoms with Crippen LogP contribution in [-0.4, -0.2) is 32.5 Å². The number of hydrogen-bond acceptors (Lipinski definition) is 5. The van der Waals surface area contributed by atoms with Crippen molar-refractivity contribution in [1.29, 1.82) is 0 Å². The van der Waals surface area contributed by atoms with Gasteiger partial charge in [0.25, 0.3) is 0 Å².